The van der Waals surface area contributed by atoms with E-state index in [0.717, 1.165) is 36.6 Å². The molecule has 0 unspecified atom stereocenters. The third-order valence-corrected chi connectivity index (χ3v) is 7.38. The minimum atomic E-state index is -4.88. The van der Waals surface area contributed by atoms with Crippen LogP contribution in [-0.4, -0.2) is 50.7 Å². The number of hydrogen-bond acceptors (Lipinski definition) is 7. The molecule has 0 amide bonds. The number of aliphatic hydroxyl groups excluding tert-OH is 1. The number of aromatic nitrogens is 5. The van der Waals surface area contributed by atoms with Crippen molar-refractivity contribution in [3.63, 3.8) is 0 Å². The molecule has 0 aliphatic carbocycles. The fraction of sp³-hybridized carbons (Fsp3) is 0.148. The molecule has 2 aromatic heterocycles. The summed E-state index contributed by atoms with van der Waals surface area (Å²) in [6.07, 6.45) is 0.179. The molecule has 0 atom stereocenters. The van der Waals surface area contributed by atoms with Gasteiger partial charge in [0.2, 0.25) is 0 Å². The van der Waals surface area contributed by atoms with Crippen LogP contribution in [0.15, 0.2) is 72.1 Å². The van der Waals surface area contributed by atoms with Crippen molar-refractivity contribution in [3.05, 3.63) is 90.1 Å². The Bertz CT molecular complexity index is 1900. The van der Waals surface area contributed by atoms with Crippen LogP contribution in [0, 0.1) is 18.6 Å². The van der Waals surface area contributed by atoms with Crippen molar-refractivity contribution in [2.45, 2.75) is 24.8 Å². The number of alkyl halides is 3. The second-order valence-corrected chi connectivity index (χ2v) is 11.2. The normalized spacial score (nSPS) is 12.1. The molecule has 218 valence electrons. The number of rotatable bonds is 7. The first-order valence-corrected chi connectivity index (χ1v) is 13.9. The number of ether oxygens (including phenoxy) is 1. The third-order valence-electron chi connectivity index (χ3n) is 6.22. The Hall–Kier alpha value is -4.63. The monoisotopic (exact) mass is 605 g/mol. The average molecular weight is 606 g/mol. The maximum atomic E-state index is 15.9. The molecule has 9 nitrogen and oxygen atoms in total. The predicted molar refractivity (Wildman–Crippen MR) is 140 cm³/mol. The van der Waals surface area contributed by atoms with Crippen LogP contribution in [0.4, 0.5) is 22.0 Å². The van der Waals surface area contributed by atoms with Gasteiger partial charge in [0.05, 0.1) is 41.1 Å². The minimum absolute atomic E-state index is 0.00560. The van der Waals surface area contributed by atoms with Crippen LogP contribution in [0.5, 0.6) is 5.75 Å². The number of benzene rings is 3. The Balaban J connectivity index is 1.72. The molecular weight excluding hydrogens is 585 g/mol. The topological polar surface area (TPSA) is 112 Å². The lowest BCUT2D eigenvalue weighted by Crippen LogP contribution is -2.16. The summed E-state index contributed by atoms with van der Waals surface area (Å²) in [4.78, 5) is 3.67. The fourth-order valence-electron chi connectivity index (χ4n) is 4.41. The van der Waals surface area contributed by atoms with E-state index in [9.17, 15) is 31.1 Å². The van der Waals surface area contributed by atoms with Gasteiger partial charge in [-0.25, -0.2) is 26.9 Å². The molecule has 42 heavy (non-hydrogen) atoms. The Kier molecular flexibility index (Phi) is 7.32. The molecule has 5 rings (SSSR count). The summed E-state index contributed by atoms with van der Waals surface area (Å²) >= 11 is 0. The molecule has 1 N–H and O–H groups in total. The average Bonchev–Trinajstić information content (AvgIpc) is 3.56. The third kappa shape index (κ3) is 5.73. The van der Waals surface area contributed by atoms with Gasteiger partial charge in [-0.1, -0.05) is 5.21 Å². The van der Waals surface area contributed by atoms with Gasteiger partial charge in [-0.2, -0.15) is 0 Å². The van der Waals surface area contributed by atoms with Gasteiger partial charge in [0.1, 0.15) is 23.1 Å². The lowest BCUT2D eigenvalue weighted by atomic mass is 10.0. The van der Waals surface area contributed by atoms with Crippen LogP contribution in [-0.2, 0) is 16.4 Å². The number of aryl methyl sites for hydroxylation is 1. The van der Waals surface area contributed by atoms with E-state index < -0.39 is 50.6 Å². The van der Waals surface area contributed by atoms with Crippen LogP contribution in [0.2, 0.25) is 0 Å². The number of hydrogen-bond donors (Lipinski definition) is 1. The van der Waals surface area contributed by atoms with Crippen LogP contribution in [0.25, 0.3) is 33.8 Å². The first kappa shape index (κ1) is 28.9. The van der Waals surface area contributed by atoms with Crippen molar-refractivity contribution in [2.75, 3.05) is 6.26 Å². The van der Waals surface area contributed by atoms with Gasteiger partial charge in [-0.05, 0) is 66.6 Å². The van der Waals surface area contributed by atoms with Gasteiger partial charge in [-0.15, -0.1) is 18.3 Å². The second-order valence-electron chi connectivity index (χ2n) is 9.22. The minimum Gasteiger partial charge on any atom is -0.406 e. The van der Waals surface area contributed by atoms with E-state index in [1.54, 1.807) is 13.1 Å². The Morgan fingerprint density at radius 2 is 1.64 bits per heavy atom. The molecule has 2 heterocycles. The molecule has 0 spiro atoms. The summed E-state index contributed by atoms with van der Waals surface area (Å²) in [5, 5.41) is 17.5. The van der Waals surface area contributed by atoms with E-state index in [4.69, 9.17) is 0 Å². The summed E-state index contributed by atoms with van der Waals surface area (Å²) in [5.41, 5.74) is 0.817. The summed E-state index contributed by atoms with van der Waals surface area (Å²) < 4.78 is 100.0. The van der Waals surface area contributed by atoms with E-state index in [1.807, 2.05) is 0 Å². The van der Waals surface area contributed by atoms with Crippen molar-refractivity contribution in [1.82, 2.24) is 24.5 Å². The smallest absolute Gasteiger partial charge is 0.406 e. The van der Waals surface area contributed by atoms with Gasteiger partial charge in [-0.3, -0.25) is 0 Å². The van der Waals surface area contributed by atoms with Gasteiger partial charge in [0, 0.05) is 23.6 Å². The Labute approximate surface area is 235 Å². The van der Waals surface area contributed by atoms with Gasteiger partial charge >= 0.3 is 6.36 Å². The fourth-order valence-corrected chi connectivity index (χ4v) is 5.36. The highest BCUT2D eigenvalue weighted by Crippen LogP contribution is 2.35. The second kappa shape index (κ2) is 10.6. The Morgan fingerprint density at radius 1 is 0.976 bits per heavy atom. The highest BCUT2D eigenvalue weighted by Gasteiger charge is 2.31. The molecule has 0 aliphatic heterocycles. The summed E-state index contributed by atoms with van der Waals surface area (Å²) in [6.45, 7) is 0.814. The molecule has 0 radical (unpaired) electrons. The number of sulfone groups is 1. The van der Waals surface area contributed by atoms with Crippen LogP contribution in [0.3, 0.4) is 0 Å². The standard InChI is InChI=1S/C27H20F5N5O4S/c1-15-12-36(14-33-15)26-22(29)8-17(18-7-21(28)20(13-38)25(10-18)42(2,39)40)9-23(26)37-24(11-34-35-37)16-3-5-19(6-4-16)41-27(30,31)32/h3-12,14,38H,13H2,1-2H3. The van der Waals surface area contributed by atoms with E-state index in [2.05, 4.69) is 20.0 Å². The summed E-state index contributed by atoms with van der Waals surface area (Å²) in [6, 6.07) is 9.45. The van der Waals surface area contributed by atoms with E-state index in [1.165, 1.54) is 40.0 Å². The maximum absolute atomic E-state index is 15.9. The maximum Gasteiger partial charge on any atom is 0.573 e. The predicted octanol–water partition coefficient (Wildman–Crippen LogP) is 5.17. The SMILES string of the molecule is Cc1cn(-c2c(F)cc(-c3cc(F)c(CO)c(S(C)(=O)=O)c3)cc2-n2nncc2-c2ccc(OC(F)(F)F)cc2)cn1. The zero-order chi connectivity index (χ0) is 30.4. The van der Waals surface area contributed by atoms with E-state index >= 15 is 4.39 Å². The van der Waals surface area contributed by atoms with Crippen LogP contribution >= 0.6 is 0 Å². The van der Waals surface area contributed by atoms with Crippen molar-refractivity contribution in [2.24, 2.45) is 0 Å². The van der Waals surface area contributed by atoms with Crippen molar-refractivity contribution in [3.8, 4) is 39.5 Å². The van der Waals surface area contributed by atoms with E-state index in [-0.39, 0.29) is 28.2 Å². The van der Waals surface area contributed by atoms with Crippen molar-refractivity contribution >= 4 is 9.84 Å². The molecule has 0 fully saturated rings. The highest BCUT2D eigenvalue weighted by molar-refractivity contribution is 7.90. The molecule has 3 aromatic carbocycles. The molecule has 0 aliphatic rings. The van der Waals surface area contributed by atoms with Crippen LogP contribution < -0.4 is 4.74 Å². The number of aliphatic hydroxyl groups is 1. The summed E-state index contributed by atoms with van der Waals surface area (Å²) in [5.74, 6) is -2.28. The Morgan fingerprint density at radius 3 is 2.24 bits per heavy atom. The highest BCUT2D eigenvalue weighted by atomic mass is 32.2. The molecular formula is C27H20F5N5O4S. The van der Waals surface area contributed by atoms with Crippen molar-refractivity contribution in [1.29, 1.82) is 0 Å². The molecule has 0 saturated carbocycles. The largest absolute Gasteiger partial charge is 0.573 e. The first-order chi connectivity index (χ1) is 19.7. The molecule has 0 saturated heterocycles. The number of nitrogens with zero attached hydrogens (tertiary/aromatic N) is 5. The van der Waals surface area contributed by atoms with Crippen LogP contribution in [0.1, 0.15) is 11.3 Å². The molecule has 5 aromatic rings. The zero-order valence-electron chi connectivity index (χ0n) is 21.8. The number of imidazole rings is 1. The zero-order valence-corrected chi connectivity index (χ0v) is 22.6. The molecule has 0 bridgehead atoms. The molecule has 15 heteroatoms. The lowest BCUT2D eigenvalue weighted by molar-refractivity contribution is -0.274. The van der Waals surface area contributed by atoms with Gasteiger partial charge < -0.3 is 14.4 Å². The number of halogens is 5. The summed E-state index contributed by atoms with van der Waals surface area (Å²) in [7, 11) is -3.98. The lowest BCUT2D eigenvalue weighted by Gasteiger charge is -2.17. The van der Waals surface area contributed by atoms with Crippen molar-refractivity contribution < 1.29 is 40.2 Å². The quantitative estimate of drug-likeness (QED) is 0.255. The van der Waals surface area contributed by atoms with E-state index in [0.29, 0.717) is 11.3 Å². The van der Waals surface area contributed by atoms with Gasteiger partial charge in [0.25, 0.3) is 0 Å². The first-order valence-electron chi connectivity index (χ1n) is 12.0. The van der Waals surface area contributed by atoms with Gasteiger partial charge in [0.15, 0.2) is 9.84 Å².